The summed E-state index contributed by atoms with van der Waals surface area (Å²) in [5.74, 6) is 0.482. The summed E-state index contributed by atoms with van der Waals surface area (Å²) in [5, 5.41) is 0. The number of benzene rings is 2. The van der Waals surface area contributed by atoms with Gasteiger partial charge in [-0.2, -0.15) is 0 Å². The SMILES string of the molecule is O=C1c2ccccc2C(=O)C1(c1cccnc1)N1CCN(C(Cc2ccccc2)C2=COCO2)CC1. The number of fused-ring (bicyclic) bond motifs is 1. The zero-order valence-corrected chi connectivity index (χ0v) is 19.9. The van der Waals surface area contributed by atoms with Gasteiger partial charge in [0.1, 0.15) is 6.26 Å². The molecule has 3 heterocycles. The van der Waals surface area contributed by atoms with Gasteiger partial charge in [0.05, 0.1) is 6.04 Å². The fraction of sp³-hybridized carbons (Fsp3) is 0.276. The molecule has 182 valence electrons. The van der Waals surface area contributed by atoms with Crippen molar-refractivity contribution in [3.63, 3.8) is 0 Å². The number of rotatable bonds is 6. The molecule has 3 aromatic rings. The Labute approximate surface area is 210 Å². The van der Waals surface area contributed by atoms with Crippen molar-refractivity contribution in [2.24, 2.45) is 0 Å². The van der Waals surface area contributed by atoms with E-state index in [1.54, 1.807) is 36.9 Å². The molecule has 3 aliphatic rings. The highest BCUT2D eigenvalue weighted by molar-refractivity contribution is 6.32. The topological polar surface area (TPSA) is 72.0 Å². The van der Waals surface area contributed by atoms with Crippen LogP contribution in [-0.4, -0.2) is 65.4 Å². The molecule has 1 aliphatic carbocycles. The predicted molar refractivity (Wildman–Crippen MR) is 133 cm³/mol. The number of Topliss-reactive ketones (excluding diaryl/α,β-unsaturated/α-hetero) is 2. The van der Waals surface area contributed by atoms with Gasteiger partial charge in [-0.15, -0.1) is 0 Å². The van der Waals surface area contributed by atoms with Crippen LogP contribution in [0.4, 0.5) is 0 Å². The number of pyridine rings is 1. The Balaban J connectivity index is 1.30. The number of piperazine rings is 1. The standard InChI is InChI=1S/C29H27N3O4/c33-27-23-10-4-5-11-24(23)28(34)29(27,22-9-6-12-30-18-22)32-15-13-31(14-16-32)25(26-19-35-20-36-26)17-21-7-2-1-3-8-21/h1-12,18-19,25H,13-17,20H2. The second-order valence-electron chi connectivity index (χ2n) is 9.33. The van der Waals surface area contributed by atoms with Crippen molar-refractivity contribution in [1.29, 1.82) is 0 Å². The first-order valence-electron chi connectivity index (χ1n) is 12.3. The first kappa shape index (κ1) is 22.6. The third-order valence-electron chi connectivity index (χ3n) is 7.48. The number of ether oxygens (including phenoxy) is 2. The normalized spacial score (nSPS) is 20.4. The van der Waals surface area contributed by atoms with Gasteiger partial charge >= 0.3 is 0 Å². The largest absolute Gasteiger partial charge is 0.462 e. The molecule has 2 aromatic carbocycles. The molecule has 1 atom stereocenters. The summed E-state index contributed by atoms with van der Waals surface area (Å²) in [6.45, 7) is 2.69. The van der Waals surface area contributed by atoms with Gasteiger partial charge in [0, 0.05) is 55.3 Å². The van der Waals surface area contributed by atoms with Gasteiger partial charge in [-0.3, -0.25) is 24.4 Å². The van der Waals surface area contributed by atoms with Crippen molar-refractivity contribution in [2.45, 2.75) is 18.0 Å². The number of carbonyl (C=O) groups excluding carboxylic acids is 2. The average Bonchev–Trinajstić information content (AvgIpc) is 3.55. The summed E-state index contributed by atoms with van der Waals surface area (Å²) in [5.41, 5.74) is 1.42. The Hall–Kier alpha value is -3.81. The molecule has 0 radical (unpaired) electrons. The molecule has 1 fully saturated rings. The Morgan fingerprint density at radius 1 is 0.861 bits per heavy atom. The quantitative estimate of drug-likeness (QED) is 0.500. The zero-order chi connectivity index (χ0) is 24.5. The molecule has 0 spiro atoms. The maximum Gasteiger partial charge on any atom is 0.229 e. The van der Waals surface area contributed by atoms with Gasteiger partial charge in [0.2, 0.25) is 6.79 Å². The summed E-state index contributed by atoms with van der Waals surface area (Å²) in [4.78, 5) is 36.6. The minimum absolute atomic E-state index is 0.0126. The van der Waals surface area contributed by atoms with Crippen LogP contribution in [0.1, 0.15) is 31.8 Å². The van der Waals surface area contributed by atoms with Crippen LogP contribution in [0.5, 0.6) is 0 Å². The lowest BCUT2D eigenvalue weighted by Gasteiger charge is -2.45. The average molecular weight is 482 g/mol. The molecular formula is C29H27N3O4. The monoisotopic (exact) mass is 481 g/mol. The van der Waals surface area contributed by atoms with E-state index >= 15 is 0 Å². The van der Waals surface area contributed by atoms with E-state index in [9.17, 15) is 9.59 Å². The lowest BCUT2D eigenvalue weighted by atomic mass is 9.83. The van der Waals surface area contributed by atoms with Crippen molar-refractivity contribution in [1.82, 2.24) is 14.8 Å². The number of hydrogen-bond donors (Lipinski definition) is 0. The fourth-order valence-electron chi connectivity index (χ4n) is 5.72. The Kier molecular flexibility index (Phi) is 5.87. The van der Waals surface area contributed by atoms with Crippen LogP contribution in [0.15, 0.2) is 91.1 Å². The van der Waals surface area contributed by atoms with Crippen LogP contribution in [0.2, 0.25) is 0 Å². The number of hydrogen-bond acceptors (Lipinski definition) is 7. The molecule has 1 unspecified atom stereocenters. The van der Waals surface area contributed by atoms with Gasteiger partial charge < -0.3 is 9.47 Å². The van der Waals surface area contributed by atoms with E-state index in [2.05, 4.69) is 22.0 Å². The molecule has 1 aromatic heterocycles. The van der Waals surface area contributed by atoms with Gasteiger partial charge in [-0.05, 0) is 18.1 Å². The maximum absolute atomic E-state index is 13.9. The Bertz CT molecular complexity index is 1270. The van der Waals surface area contributed by atoms with Crippen molar-refractivity contribution in [2.75, 3.05) is 33.0 Å². The molecule has 2 aliphatic heterocycles. The smallest absolute Gasteiger partial charge is 0.229 e. The third kappa shape index (κ3) is 3.63. The maximum atomic E-state index is 13.9. The Morgan fingerprint density at radius 2 is 1.56 bits per heavy atom. The molecule has 1 saturated heterocycles. The minimum Gasteiger partial charge on any atom is -0.462 e. The van der Waals surface area contributed by atoms with E-state index < -0.39 is 5.54 Å². The molecule has 7 heteroatoms. The third-order valence-corrected chi connectivity index (χ3v) is 7.48. The first-order chi connectivity index (χ1) is 17.7. The lowest BCUT2D eigenvalue weighted by molar-refractivity contribution is 0.0136. The summed E-state index contributed by atoms with van der Waals surface area (Å²) >= 11 is 0. The number of aromatic nitrogens is 1. The lowest BCUT2D eigenvalue weighted by Crippen LogP contribution is -2.61. The van der Waals surface area contributed by atoms with E-state index in [0.29, 0.717) is 42.9 Å². The highest BCUT2D eigenvalue weighted by atomic mass is 16.7. The van der Waals surface area contributed by atoms with Crippen LogP contribution >= 0.6 is 0 Å². The van der Waals surface area contributed by atoms with Crippen molar-refractivity contribution in [3.8, 4) is 0 Å². The molecule has 7 nitrogen and oxygen atoms in total. The zero-order valence-electron chi connectivity index (χ0n) is 19.9. The highest BCUT2D eigenvalue weighted by Gasteiger charge is 2.58. The number of ketones is 2. The molecule has 6 rings (SSSR count). The molecule has 0 N–H and O–H groups in total. The molecule has 0 amide bonds. The number of carbonyl (C=O) groups is 2. The minimum atomic E-state index is -1.38. The van der Waals surface area contributed by atoms with E-state index in [1.165, 1.54) is 5.56 Å². The van der Waals surface area contributed by atoms with Gasteiger partial charge in [0.25, 0.3) is 0 Å². The van der Waals surface area contributed by atoms with E-state index in [4.69, 9.17) is 9.47 Å². The van der Waals surface area contributed by atoms with Crippen LogP contribution < -0.4 is 0 Å². The van der Waals surface area contributed by atoms with Crippen molar-refractivity contribution >= 4 is 11.6 Å². The second kappa shape index (κ2) is 9.33. The Morgan fingerprint density at radius 3 is 2.17 bits per heavy atom. The molecular weight excluding hydrogens is 454 g/mol. The summed E-state index contributed by atoms with van der Waals surface area (Å²) in [6, 6.07) is 21.1. The van der Waals surface area contributed by atoms with E-state index in [0.717, 1.165) is 12.2 Å². The summed E-state index contributed by atoms with van der Waals surface area (Å²) < 4.78 is 11.2. The predicted octanol–water partition coefficient (Wildman–Crippen LogP) is 3.43. The van der Waals surface area contributed by atoms with Crippen LogP contribution in [-0.2, 0) is 21.4 Å². The second-order valence-corrected chi connectivity index (χ2v) is 9.33. The summed E-state index contributed by atoms with van der Waals surface area (Å²) in [7, 11) is 0. The van der Waals surface area contributed by atoms with E-state index in [1.807, 2.05) is 41.3 Å². The van der Waals surface area contributed by atoms with Gasteiger partial charge in [-0.25, -0.2) is 0 Å². The van der Waals surface area contributed by atoms with Gasteiger partial charge in [-0.1, -0.05) is 60.7 Å². The van der Waals surface area contributed by atoms with Crippen molar-refractivity contribution < 1.29 is 19.1 Å². The van der Waals surface area contributed by atoms with Gasteiger partial charge in [0.15, 0.2) is 22.9 Å². The first-order valence-corrected chi connectivity index (χ1v) is 12.3. The van der Waals surface area contributed by atoms with E-state index in [-0.39, 0.29) is 24.4 Å². The molecule has 36 heavy (non-hydrogen) atoms. The highest BCUT2D eigenvalue weighted by Crippen LogP contribution is 2.43. The molecule has 0 saturated carbocycles. The fourth-order valence-corrected chi connectivity index (χ4v) is 5.72. The van der Waals surface area contributed by atoms with Crippen LogP contribution in [0, 0.1) is 0 Å². The van der Waals surface area contributed by atoms with Crippen LogP contribution in [0.25, 0.3) is 0 Å². The molecule has 0 bridgehead atoms. The van der Waals surface area contributed by atoms with Crippen molar-refractivity contribution in [3.05, 3.63) is 113 Å². The van der Waals surface area contributed by atoms with Crippen LogP contribution in [0.3, 0.4) is 0 Å². The number of nitrogens with zero attached hydrogens (tertiary/aromatic N) is 3. The summed E-state index contributed by atoms with van der Waals surface area (Å²) in [6.07, 6.45) is 5.81.